The van der Waals surface area contributed by atoms with Crippen LogP contribution < -0.4 is 10.4 Å². The first-order valence-electron chi connectivity index (χ1n) is 6.46. The minimum Gasteiger partial charge on any atom is -0.507 e. The summed E-state index contributed by atoms with van der Waals surface area (Å²) in [5.41, 5.74) is -0.906. The van der Waals surface area contributed by atoms with Crippen molar-refractivity contribution in [3.63, 3.8) is 0 Å². The largest absolute Gasteiger partial charge is 0.507 e. The van der Waals surface area contributed by atoms with Crippen molar-refractivity contribution in [1.82, 2.24) is 0 Å². The lowest BCUT2D eigenvalue weighted by molar-refractivity contribution is 0.104. The summed E-state index contributed by atoms with van der Waals surface area (Å²) in [7, 11) is 1.36. The molecule has 1 heterocycles. The number of carbonyl (C=O) groups excluding carboxylic acids is 1. The average Bonchev–Trinajstić information content (AvgIpc) is 2.47. The molecule has 1 aromatic carbocycles. The summed E-state index contributed by atoms with van der Waals surface area (Å²) in [6.07, 6.45) is 2.46. The smallest absolute Gasteiger partial charge is 0.351 e. The molecular weight excluding hydrogens is 324 g/mol. The Labute approximate surface area is 136 Å². The molecule has 0 saturated heterocycles. The SMILES string of the molecule is COc1cc(/C=C/C(=O)c2c(O)cc(C)oc2=O)cc(Cl)c1O. The number of phenols is 1. The van der Waals surface area contributed by atoms with Crippen LogP contribution in [0.4, 0.5) is 0 Å². The molecule has 1 aromatic heterocycles. The van der Waals surface area contributed by atoms with Gasteiger partial charge in [-0.2, -0.15) is 0 Å². The lowest BCUT2D eigenvalue weighted by Crippen LogP contribution is -2.12. The standard InChI is InChI=1S/C16H13ClO6/c1-8-5-12(19)14(16(21)23-8)11(18)4-3-9-6-10(17)15(20)13(7-9)22-2/h3-7,19-20H,1-2H3/b4-3+. The average molecular weight is 337 g/mol. The molecule has 0 atom stereocenters. The molecule has 120 valence electrons. The fourth-order valence-corrected chi connectivity index (χ4v) is 2.14. The first-order valence-corrected chi connectivity index (χ1v) is 6.84. The van der Waals surface area contributed by atoms with E-state index in [2.05, 4.69) is 0 Å². The molecule has 7 heteroatoms. The maximum atomic E-state index is 12.1. The Morgan fingerprint density at radius 3 is 2.61 bits per heavy atom. The predicted molar refractivity (Wildman–Crippen MR) is 84.4 cm³/mol. The predicted octanol–water partition coefficient (Wildman–Crippen LogP) is 2.92. The number of ketones is 1. The lowest BCUT2D eigenvalue weighted by atomic mass is 10.1. The van der Waals surface area contributed by atoms with Crippen molar-refractivity contribution in [2.75, 3.05) is 7.11 Å². The summed E-state index contributed by atoms with van der Waals surface area (Å²) >= 11 is 5.84. The first-order chi connectivity index (χ1) is 10.8. The highest BCUT2D eigenvalue weighted by molar-refractivity contribution is 6.32. The van der Waals surface area contributed by atoms with Gasteiger partial charge in [-0.25, -0.2) is 4.79 Å². The van der Waals surface area contributed by atoms with E-state index in [0.717, 1.165) is 6.08 Å². The molecule has 0 aliphatic heterocycles. The Kier molecular flexibility index (Phi) is 4.76. The van der Waals surface area contributed by atoms with E-state index in [1.165, 1.54) is 38.3 Å². The van der Waals surface area contributed by atoms with Gasteiger partial charge in [-0.05, 0) is 30.7 Å². The third-order valence-corrected chi connectivity index (χ3v) is 3.29. The molecule has 23 heavy (non-hydrogen) atoms. The number of ether oxygens (including phenoxy) is 1. The van der Waals surface area contributed by atoms with Crippen LogP contribution in [0.3, 0.4) is 0 Å². The summed E-state index contributed by atoms with van der Waals surface area (Å²) in [5, 5.41) is 19.4. The quantitative estimate of drug-likeness (QED) is 0.658. The molecular formula is C16H13ClO6. The van der Waals surface area contributed by atoms with Gasteiger partial charge in [0.1, 0.15) is 17.1 Å². The number of aryl methyl sites for hydroxylation is 1. The number of rotatable bonds is 4. The van der Waals surface area contributed by atoms with Crippen molar-refractivity contribution >= 4 is 23.5 Å². The Hall–Kier alpha value is -2.73. The normalized spacial score (nSPS) is 10.9. The van der Waals surface area contributed by atoms with Gasteiger partial charge in [0.2, 0.25) is 0 Å². The maximum Gasteiger partial charge on any atom is 0.351 e. The van der Waals surface area contributed by atoms with E-state index in [4.69, 9.17) is 20.8 Å². The van der Waals surface area contributed by atoms with E-state index in [9.17, 15) is 19.8 Å². The highest BCUT2D eigenvalue weighted by atomic mass is 35.5. The monoisotopic (exact) mass is 336 g/mol. The Morgan fingerprint density at radius 2 is 2.00 bits per heavy atom. The van der Waals surface area contributed by atoms with E-state index < -0.39 is 22.7 Å². The van der Waals surface area contributed by atoms with Crippen LogP contribution in [0.1, 0.15) is 21.7 Å². The number of aromatic hydroxyl groups is 2. The van der Waals surface area contributed by atoms with Crippen LogP contribution in [-0.4, -0.2) is 23.1 Å². The van der Waals surface area contributed by atoms with Crippen LogP contribution in [0.15, 0.2) is 33.5 Å². The fourth-order valence-electron chi connectivity index (χ4n) is 1.92. The molecule has 0 radical (unpaired) electrons. The van der Waals surface area contributed by atoms with E-state index in [1.54, 1.807) is 0 Å². The Bertz CT molecular complexity index is 850. The van der Waals surface area contributed by atoms with E-state index in [1.807, 2.05) is 0 Å². The van der Waals surface area contributed by atoms with Crippen molar-refractivity contribution in [2.45, 2.75) is 6.92 Å². The van der Waals surface area contributed by atoms with Gasteiger partial charge in [0.05, 0.1) is 12.1 Å². The van der Waals surface area contributed by atoms with Gasteiger partial charge < -0.3 is 19.4 Å². The van der Waals surface area contributed by atoms with E-state index in [-0.39, 0.29) is 22.3 Å². The number of carbonyl (C=O) groups is 1. The number of phenolic OH excluding ortho intramolecular Hbond substituents is 1. The van der Waals surface area contributed by atoms with Crippen LogP contribution in [0.25, 0.3) is 6.08 Å². The summed E-state index contributed by atoms with van der Waals surface area (Å²) < 4.78 is 9.74. The Balaban J connectivity index is 2.36. The molecule has 0 unspecified atom stereocenters. The number of halogens is 1. The van der Waals surface area contributed by atoms with Gasteiger partial charge in [-0.3, -0.25) is 4.79 Å². The number of hydrogen-bond donors (Lipinski definition) is 2. The fraction of sp³-hybridized carbons (Fsp3) is 0.125. The molecule has 0 spiro atoms. The van der Waals surface area contributed by atoms with Crippen LogP contribution in [0.5, 0.6) is 17.2 Å². The summed E-state index contributed by atoms with van der Waals surface area (Å²) in [6, 6.07) is 4.06. The zero-order valence-electron chi connectivity index (χ0n) is 12.3. The van der Waals surface area contributed by atoms with Crippen molar-refractivity contribution in [1.29, 1.82) is 0 Å². The van der Waals surface area contributed by atoms with Crippen molar-refractivity contribution in [3.8, 4) is 17.2 Å². The molecule has 0 saturated carbocycles. The molecule has 2 N–H and O–H groups in total. The van der Waals surface area contributed by atoms with Crippen molar-refractivity contribution in [3.05, 3.63) is 56.6 Å². The van der Waals surface area contributed by atoms with Crippen LogP contribution in [0, 0.1) is 6.92 Å². The number of hydrogen-bond acceptors (Lipinski definition) is 6. The zero-order valence-corrected chi connectivity index (χ0v) is 13.0. The maximum absolute atomic E-state index is 12.1. The molecule has 2 rings (SSSR count). The molecule has 0 bridgehead atoms. The highest BCUT2D eigenvalue weighted by Gasteiger charge is 2.16. The number of benzene rings is 1. The first kappa shape index (κ1) is 16.6. The van der Waals surface area contributed by atoms with Crippen molar-refractivity contribution in [2.24, 2.45) is 0 Å². The number of methoxy groups -OCH3 is 1. The summed E-state index contributed by atoms with van der Waals surface area (Å²) in [4.78, 5) is 23.7. The van der Waals surface area contributed by atoms with Crippen LogP contribution in [-0.2, 0) is 0 Å². The summed E-state index contributed by atoms with van der Waals surface area (Å²) in [6.45, 7) is 1.48. The van der Waals surface area contributed by atoms with Gasteiger partial charge >= 0.3 is 5.63 Å². The van der Waals surface area contributed by atoms with Gasteiger partial charge in [0, 0.05) is 6.07 Å². The van der Waals surface area contributed by atoms with Crippen LogP contribution >= 0.6 is 11.6 Å². The van der Waals surface area contributed by atoms with Crippen LogP contribution in [0.2, 0.25) is 5.02 Å². The minimum atomic E-state index is -0.918. The third kappa shape index (κ3) is 3.54. The molecule has 0 aliphatic rings. The van der Waals surface area contributed by atoms with Gasteiger partial charge in [0.25, 0.3) is 0 Å². The molecule has 6 nitrogen and oxygen atoms in total. The van der Waals surface area contributed by atoms with E-state index >= 15 is 0 Å². The van der Waals surface area contributed by atoms with Crippen molar-refractivity contribution < 1.29 is 24.2 Å². The second-order valence-electron chi connectivity index (χ2n) is 4.66. The highest BCUT2D eigenvalue weighted by Crippen LogP contribution is 2.35. The second-order valence-corrected chi connectivity index (χ2v) is 5.06. The Morgan fingerprint density at radius 1 is 1.30 bits per heavy atom. The van der Waals surface area contributed by atoms with E-state index in [0.29, 0.717) is 5.56 Å². The molecule has 0 aliphatic carbocycles. The molecule has 0 amide bonds. The molecule has 0 fully saturated rings. The second kappa shape index (κ2) is 6.58. The topological polar surface area (TPSA) is 97.0 Å². The molecule has 2 aromatic rings. The zero-order chi connectivity index (χ0) is 17.1. The summed E-state index contributed by atoms with van der Waals surface area (Å²) in [5.74, 6) is -1.05. The minimum absolute atomic E-state index is 0.0501. The number of allylic oxidation sites excluding steroid dienone is 1. The van der Waals surface area contributed by atoms with Gasteiger partial charge in [-0.1, -0.05) is 17.7 Å². The third-order valence-electron chi connectivity index (χ3n) is 3.00. The lowest BCUT2D eigenvalue weighted by Gasteiger charge is -2.06. The van der Waals surface area contributed by atoms with Gasteiger partial charge in [0.15, 0.2) is 17.3 Å². The van der Waals surface area contributed by atoms with Gasteiger partial charge in [-0.15, -0.1) is 0 Å².